The quantitative estimate of drug-likeness (QED) is 0.650. The number of rotatable bonds is 6. The molecule has 3 N–H and O–H groups in total. The van der Waals surface area contributed by atoms with E-state index in [2.05, 4.69) is 30.8 Å². The van der Waals surface area contributed by atoms with Crippen LogP contribution in [0.25, 0.3) is 0 Å². The molecule has 4 heterocycles. The van der Waals surface area contributed by atoms with Gasteiger partial charge in [-0.3, -0.25) is 20.0 Å². The summed E-state index contributed by atoms with van der Waals surface area (Å²) in [5, 5.41) is 8.26. The van der Waals surface area contributed by atoms with E-state index in [1.54, 1.807) is 6.20 Å². The van der Waals surface area contributed by atoms with E-state index in [0.29, 0.717) is 5.82 Å². The lowest BCUT2D eigenvalue weighted by atomic mass is 9.78. The Hall–Kier alpha value is -3.00. The van der Waals surface area contributed by atoms with Gasteiger partial charge in [-0.2, -0.15) is 0 Å². The summed E-state index contributed by atoms with van der Waals surface area (Å²) in [4.78, 5) is 35.0. The third kappa shape index (κ3) is 4.22. The maximum absolute atomic E-state index is 12.1. The van der Waals surface area contributed by atoms with Crippen molar-refractivity contribution in [3.8, 4) is 0 Å². The fourth-order valence-electron chi connectivity index (χ4n) is 3.90. The zero-order valence-electron chi connectivity index (χ0n) is 16.7. The Morgan fingerprint density at radius 3 is 2.62 bits per heavy atom. The van der Waals surface area contributed by atoms with E-state index in [9.17, 15) is 9.59 Å². The number of imide groups is 1. The van der Waals surface area contributed by atoms with Crippen molar-refractivity contribution in [1.82, 2.24) is 25.5 Å². The van der Waals surface area contributed by atoms with Crippen LogP contribution in [0.4, 0.5) is 16.3 Å². The SMILES string of the molecule is CC(C)(c1ccnc(Nc2ccc(CN3CCCC3)nc2)c1)C1NC(=O)NC1=O. The van der Waals surface area contributed by atoms with Crippen LogP contribution in [0.1, 0.15) is 37.9 Å². The number of urea groups is 1. The molecule has 0 aliphatic carbocycles. The zero-order valence-corrected chi connectivity index (χ0v) is 16.7. The van der Waals surface area contributed by atoms with Gasteiger partial charge in [-0.15, -0.1) is 0 Å². The molecule has 3 amide bonds. The van der Waals surface area contributed by atoms with Crippen molar-refractivity contribution in [2.75, 3.05) is 18.4 Å². The number of nitrogens with one attached hydrogen (secondary N) is 3. The first-order valence-electron chi connectivity index (χ1n) is 9.94. The van der Waals surface area contributed by atoms with E-state index < -0.39 is 17.5 Å². The number of aromatic nitrogens is 2. The Kier molecular flexibility index (Phi) is 5.19. The Balaban J connectivity index is 1.46. The first-order chi connectivity index (χ1) is 13.9. The minimum absolute atomic E-state index is 0.316. The number of nitrogens with zero attached hydrogens (tertiary/aromatic N) is 3. The molecule has 0 saturated carbocycles. The lowest BCUT2D eigenvalue weighted by Gasteiger charge is -2.30. The van der Waals surface area contributed by atoms with Crippen LogP contribution in [0.5, 0.6) is 0 Å². The van der Waals surface area contributed by atoms with Crippen LogP contribution in [-0.4, -0.2) is 45.9 Å². The van der Waals surface area contributed by atoms with E-state index in [0.717, 1.165) is 36.6 Å². The highest BCUT2D eigenvalue weighted by Crippen LogP contribution is 2.30. The van der Waals surface area contributed by atoms with Crippen molar-refractivity contribution in [2.24, 2.45) is 0 Å². The Morgan fingerprint density at radius 2 is 1.97 bits per heavy atom. The number of anilines is 2. The van der Waals surface area contributed by atoms with Gasteiger partial charge in [0.25, 0.3) is 5.91 Å². The number of carbonyl (C=O) groups is 2. The molecule has 1 atom stereocenters. The maximum Gasteiger partial charge on any atom is 0.322 e. The summed E-state index contributed by atoms with van der Waals surface area (Å²) in [5.41, 5.74) is 2.22. The van der Waals surface area contributed by atoms with E-state index >= 15 is 0 Å². The van der Waals surface area contributed by atoms with Crippen molar-refractivity contribution in [1.29, 1.82) is 0 Å². The molecule has 2 aromatic rings. The van der Waals surface area contributed by atoms with Crippen LogP contribution in [0.15, 0.2) is 36.7 Å². The molecule has 0 spiro atoms. The second-order valence-electron chi connectivity index (χ2n) is 8.19. The zero-order chi connectivity index (χ0) is 20.4. The van der Waals surface area contributed by atoms with Crippen LogP contribution < -0.4 is 16.0 Å². The van der Waals surface area contributed by atoms with Crippen molar-refractivity contribution < 1.29 is 9.59 Å². The number of amides is 3. The summed E-state index contributed by atoms with van der Waals surface area (Å²) in [6.07, 6.45) is 6.05. The van der Waals surface area contributed by atoms with Gasteiger partial charge in [0.2, 0.25) is 0 Å². The van der Waals surface area contributed by atoms with Gasteiger partial charge in [-0.25, -0.2) is 9.78 Å². The first-order valence-corrected chi connectivity index (χ1v) is 9.94. The highest BCUT2D eigenvalue weighted by Gasteiger charge is 2.42. The average molecular weight is 394 g/mol. The van der Waals surface area contributed by atoms with Crippen molar-refractivity contribution in [3.63, 3.8) is 0 Å². The van der Waals surface area contributed by atoms with E-state index in [1.165, 1.54) is 12.8 Å². The van der Waals surface area contributed by atoms with Crippen LogP contribution in [-0.2, 0) is 16.8 Å². The van der Waals surface area contributed by atoms with Crippen molar-refractivity contribution in [3.05, 3.63) is 47.9 Å². The molecule has 8 nitrogen and oxygen atoms in total. The maximum atomic E-state index is 12.1. The van der Waals surface area contributed by atoms with Crippen molar-refractivity contribution in [2.45, 2.75) is 44.7 Å². The molecule has 2 fully saturated rings. The molecular formula is C21H26N6O2. The number of pyridine rings is 2. The molecule has 2 aliphatic rings. The highest BCUT2D eigenvalue weighted by atomic mass is 16.2. The van der Waals surface area contributed by atoms with Gasteiger partial charge in [0.1, 0.15) is 11.9 Å². The van der Waals surface area contributed by atoms with E-state index in [4.69, 9.17) is 0 Å². The summed E-state index contributed by atoms with van der Waals surface area (Å²) in [7, 11) is 0. The molecule has 152 valence electrons. The molecule has 0 bridgehead atoms. The molecule has 8 heteroatoms. The third-order valence-corrected chi connectivity index (χ3v) is 5.68. The molecule has 4 rings (SSSR count). The fourth-order valence-corrected chi connectivity index (χ4v) is 3.90. The van der Waals surface area contributed by atoms with Crippen LogP contribution in [0.3, 0.4) is 0 Å². The fraction of sp³-hybridized carbons (Fsp3) is 0.429. The lowest BCUT2D eigenvalue weighted by molar-refractivity contribution is -0.121. The molecule has 0 aromatic carbocycles. The molecule has 2 saturated heterocycles. The summed E-state index contributed by atoms with van der Waals surface area (Å²) >= 11 is 0. The van der Waals surface area contributed by atoms with Crippen molar-refractivity contribution >= 4 is 23.4 Å². The lowest BCUT2D eigenvalue weighted by Crippen LogP contribution is -2.45. The largest absolute Gasteiger partial charge is 0.339 e. The number of likely N-dealkylation sites (tertiary alicyclic amines) is 1. The number of hydrogen-bond donors (Lipinski definition) is 3. The Labute approximate surface area is 170 Å². The molecule has 29 heavy (non-hydrogen) atoms. The average Bonchev–Trinajstić information content (AvgIpc) is 3.33. The number of carbonyl (C=O) groups excluding carboxylic acids is 2. The second kappa shape index (κ2) is 7.79. The van der Waals surface area contributed by atoms with Gasteiger partial charge in [0.15, 0.2) is 0 Å². The predicted octanol–water partition coefficient (Wildman–Crippen LogP) is 2.30. The normalized spacial score (nSPS) is 19.9. The Morgan fingerprint density at radius 1 is 1.17 bits per heavy atom. The minimum Gasteiger partial charge on any atom is -0.339 e. The first kappa shape index (κ1) is 19.3. The predicted molar refractivity (Wildman–Crippen MR) is 110 cm³/mol. The molecule has 0 radical (unpaired) electrons. The minimum atomic E-state index is -0.628. The van der Waals surface area contributed by atoms with Gasteiger partial charge in [0, 0.05) is 18.2 Å². The van der Waals surface area contributed by atoms with Crippen LogP contribution >= 0.6 is 0 Å². The summed E-state index contributed by atoms with van der Waals surface area (Å²) in [5.74, 6) is 0.346. The van der Waals surface area contributed by atoms with Gasteiger partial charge in [-0.1, -0.05) is 13.8 Å². The summed E-state index contributed by atoms with van der Waals surface area (Å²) in [6.45, 7) is 7.03. The third-order valence-electron chi connectivity index (χ3n) is 5.68. The molecule has 1 unspecified atom stereocenters. The van der Waals surface area contributed by atoms with Crippen LogP contribution in [0.2, 0.25) is 0 Å². The second-order valence-corrected chi connectivity index (χ2v) is 8.19. The van der Waals surface area contributed by atoms with Gasteiger partial charge in [0.05, 0.1) is 17.6 Å². The molecular weight excluding hydrogens is 368 g/mol. The standard InChI is InChI=1S/C21H26N6O2/c1-21(2,18-19(28)26-20(29)25-18)14-7-8-22-17(11-14)24-15-5-6-16(23-12-15)13-27-9-3-4-10-27/h5-8,11-12,18H,3-4,9-10,13H2,1-2H3,(H,22,24)(H2,25,26,28,29). The smallest absolute Gasteiger partial charge is 0.322 e. The van der Waals surface area contributed by atoms with E-state index in [1.807, 2.05) is 44.3 Å². The summed E-state index contributed by atoms with van der Waals surface area (Å²) in [6, 6.07) is 6.71. The summed E-state index contributed by atoms with van der Waals surface area (Å²) < 4.78 is 0. The van der Waals surface area contributed by atoms with Gasteiger partial charge < -0.3 is 10.6 Å². The Bertz CT molecular complexity index is 906. The van der Waals surface area contributed by atoms with Gasteiger partial charge >= 0.3 is 6.03 Å². The topological polar surface area (TPSA) is 99.2 Å². The number of hydrogen-bond acceptors (Lipinski definition) is 6. The molecule has 2 aromatic heterocycles. The highest BCUT2D eigenvalue weighted by molar-refractivity contribution is 6.05. The van der Waals surface area contributed by atoms with E-state index in [-0.39, 0.29) is 5.91 Å². The molecule has 2 aliphatic heterocycles. The van der Waals surface area contributed by atoms with Crippen LogP contribution in [0, 0.1) is 0 Å². The monoisotopic (exact) mass is 394 g/mol. The van der Waals surface area contributed by atoms with Gasteiger partial charge in [-0.05, 0) is 55.8 Å².